The second-order valence-electron chi connectivity index (χ2n) is 11.4. The van der Waals surface area contributed by atoms with E-state index in [1.54, 1.807) is 4.90 Å². The monoisotopic (exact) mass is 553 g/mol. The van der Waals surface area contributed by atoms with Gasteiger partial charge in [0.25, 0.3) is 0 Å². The molecule has 2 amide bonds. The quantitative estimate of drug-likeness (QED) is 0.409. The van der Waals surface area contributed by atoms with Gasteiger partial charge in [-0.3, -0.25) is 9.78 Å². The minimum absolute atomic E-state index is 0.229. The molecule has 8 heteroatoms. The first kappa shape index (κ1) is 27.1. The fourth-order valence-corrected chi connectivity index (χ4v) is 6.86. The summed E-state index contributed by atoms with van der Waals surface area (Å²) >= 11 is 8.15. The average molecular weight is 554 g/mol. The third-order valence-corrected chi connectivity index (χ3v) is 8.87. The van der Waals surface area contributed by atoms with Crippen molar-refractivity contribution in [1.29, 1.82) is 0 Å². The Kier molecular flexibility index (Phi) is 8.06. The topological polar surface area (TPSA) is 62.7 Å². The third-order valence-electron chi connectivity index (χ3n) is 7.53. The molecule has 1 aromatic carbocycles. The van der Waals surface area contributed by atoms with Crippen molar-refractivity contribution >= 4 is 40.9 Å². The van der Waals surface area contributed by atoms with Crippen molar-refractivity contribution in [1.82, 2.24) is 14.8 Å². The summed E-state index contributed by atoms with van der Waals surface area (Å²) in [6, 6.07) is 10.3. The molecule has 0 atom stereocenters. The number of thioether (sulfide) groups is 1. The molecule has 0 aliphatic carbocycles. The van der Waals surface area contributed by atoms with Crippen LogP contribution in [0.2, 0.25) is 5.02 Å². The largest absolute Gasteiger partial charge is 0.444 e. The lowest BCUT2D eigenvalue weighted by Crippen LogP contribution is -2.43. The van der Waals surface area contributed by atoms with E-state index in [9.17, 15) is 9.59 Å². The van der Waals surface area contributed by atoms with E-state index in [1.807, 2.05) is 55.8 Å². The zero-order chi connectivity index (χ0) is 26.9. The number of carbonyl (C=O) groups excluding carboxylic acids is 2. The van der Waals surface area contributed by atoms with E-state index in [4.69, 9.17) is 21.3 Å². The summed E-state index contributed by atoms with van der Waals surface area (Å²) in [5.74, 6) is 1.41. The van der Waals surface area contributed by atoms with Gasteiger partial charge in [-0.05, 0) is 81.7 Å². The van der Waals surface area contributed by atoms with Gasteiger partial charge in [0, 0.05) is 60.0 Å². The zero-order valence-electron chi connectivity index (χ0n) is 22.5. The Hall–Kier alpha value is -2.51. The molecule has 0 radical (unpaired) electrons. The van der Waals surface area contributed by atoms with Crippen LogP contribution in [0, 0.1) is 5.92 Å². The summed E-state index contributed by atoms with van der Waals surface area (Å²) in [5, 5.41) is 0.747. The number of hydrogen-bond donors (Lipinski definition) is 0. The van der Waals surface area contributed by atoms with E-state index in [0.717, 1.165) is 55.2 Å². The number of amides is 2. The number of likely N-dealkylation sites (tertiary alicyclic amines) is 2. The molecule has 0 N–H and O–H groups in total. The molecule has 3 aliphatic rings. The molecule has 0 spiro atoms. The first-order valence-corrected chi connectivity index (χ1v) is 14.9. The molecule has 2 saturated heterocycles. The number of hydrogen-bond acceptors (Lipinski definition) is 5. The maximum atomic E-state index is 13.2. The highest BCUT2D eigenvalue weighted by atomic mass is 35.5. The van der Waals surface area contributed by atoms with Crippen LogP contribution >= 0.6 is 23.4 Å². The van der Waals surface area contributed by atoms with E-state index in [0.29, 0.717) is 25.4 Å². The Bertz CT molecular complexity index is 1240. The van der Waals surface area contributed by atoms with Crippen LogP contribution in [0.25, 0.3) is 5.57 Å². The summed E-state index contributed by atoms with van der Waals surface area (Å²) in [6.07, 6.45) is 5.55. The number of benzene rings is 1. The normalized spacial score (nSPS) is 18.5. The Labute approximate surface area is 234 Å². The van der Waals surface area contributed by atoms with Crippen LogP contribution in [0.3, 0.4) is 0 Å². The average Bonchev–Trinajstić information content (AvgIpc) is 3.05. The Balaban J connectivity index is 1.23. The van der Waals surface area contributed by atoms with Crippen molar-refractivity contribution in [2.45, 2.75) is 69.1 Å². The lowest BCUT2D eigenvalue weighted by molar-refractivity contribution is -0.133. The summed E-state index contributed by atoms with van der Waals surface area (Å²) in [4.78, 5) is 35.4. The summed E-state index contributed by atoms with van der Waals surface area (Å²) in [6.45, 7) is 8.41. The van der Waals surface area contributed by atoms with Gasteiger partial charge in [-0.1, -0.05) is 29.3 Å². The van der Waals surface area contributed by atoms with Crippen molar-refractivity contribution in [3.05, 3.63) is 63.9 Å². The van der Waals surface area contributed by atoms with Crippen LogP contribution in [-0.4, -0.2) is 58.6 Å². The molecule has 202 valence electrons. The molecule has 1 aromatic heterocycles. The maximum Gasteiger partial charge on any atom is 0.410 e. The lowest BCUT2D eigenvalue weighted by atomic mass is 9.88. The first-order valence-electron chi connectivity index (χ1n) is 13.5. The van der Waals surface area contributed by atoms with Gasteiger partial charge in [0.05, 0.1) is 5.69 Å². The number of ether oxygens (including phenoxy) is 1. The highest BCUT2D eigenvalue weighted by Crippen LogP contribution is 2.43. The molecule has 38 heavy (non-hydrogen) atoms. The molecule has 6 nitrogen and oxygen atoms in total. The molecular weight excluding hydrogens is 518 g/mol. The Morgan fingerprint density at radius 1 is 1.08 bits per heavy atom. The minimum Gasteiger partial charge on any atom is -0.444 e. The van der Waals surface area contributed by atoms with Gasteiger partial charge in [-0.15, -0.1) is 11.8 Å². The maximum absolute atomic E-state index is 13.2. The number of piperidine rings is 2. The molecule has 3 aliphatic heterocycles. The number of nitrogens with zero attached hydrogens (tertiary/aromatic N) is 3. The van der Waals surface area contributed by atoms with Gasteiger partial charge < -0.3 is 14.5 Å². The molecule has 2 aromatic rings. The molecule has 0 saturated carbocycles. The Morgan fingerprint density at radius 2 is 1.82 bits per heavy atom. The second kappa shape index (κ2) is 11.3. The highest BCUT2D eigenvalue weighted by Gasteiger charge is 2.31. The van der Waals surface area contributed by atoms with E-state index >= 15 is 0 Å². The van der Waals surface area contributed by atoms with Gasteiger partial charge in [0.1, 0.15) is 5.60 Å². The summed E-state index contributed by atoms with van der Waals surface area (Å²) in [5.41, 5.74) is 5.60. The molecular formula is C30H36ClN3O3S. The molecule has 0 unspecified atom stereocenters. The lowest BCUT2D eigenvalue weighted by Gasteiger charge is -2.35. The molecule has 0 bridgehead atoms. The SMILES string of the molecule is CC(C)(C)OC(=O)N1CCC(CC(=O)N2CCC(=C3c4ccc(Cl)cc4SCc4cccnc43)CC2)CC1. The zero-order valence-corrected chi connectivity index (χ0v) is 24.0. The minimum atomic E-state index is -0.491. The van der Waals surface area contributed by atoms with Crippen molar-refractivity contribution in [2.24, 2.45) is 5.92 Å². The fourth-order valence-electron chi connectivity index (χ4n) is 5.54. The van der Waals surface area contributed by atoms with E-state index < -0.39 is 5.60 Å². The smallest absolute Gasteiger partial charge is 0.410 e. The highest BCUT2D eigenvalue weighted by molar-refractivity contribution is 7.98. The van der Waals surface area contributed by atoms with Crippen LogP contribution in [0.15, 0.2) is 47.0 Å². The molecule has 5 rings (SSSR count). The number of halogens is 1. The standard InChI is InChI=1S/C30H36ClN3O3S/c1-30(2,3)37-29(36)34-13-8-20(9-14-34)17-26(35)33-15-10-21(11-16-33)27-24-7-6-23(31)18-25(24)38-19-22-5-4-12-32-28(22)27/h4-7,12,18,20H,8-11,13-17,19H2,1-3H3. The van der Waals surface area contributed by atoms with Gasteiger partial charge in [-0.2, -0.15) is 0 Å². The molecule has 4 heterocycles. The predicted molar refractivity (Wildman–Crippen MR) is 152 cm³/mol. The molecule has 2 fully saturated rings. The van der Waals surface area contributed by atoms with Gasteiger partial charge in [-0.25, -0.2) is 4.79 Å². The van der Waals surface area contributed by atoms with Crippen LogP contribution in [0.5, 0.6) is 0 Å². The first-order chi connectivity index (χ1) is 18.2. The number of carbonyl (C=O) groups is 2. The van der Waals surface area contributed by atoms with E-state index in [1.165, 1.54) is 27.2 Å². The second-order valence-corrected chi connectivity index (χ2v) is 12.9. The number of aromatic nitrogens is 1. The van der Waals surface area contributed by atoms with Crippen molar-refractivity contribution < 1.29 is 14.3 Å². The van der Waals surface area contributed by atoms with Crippen LogP contribution in [-0.2, 0) is 15.3 Å². The Morgan fingerprint density at radius 3 is 2.53 bits per heavy atom. The van der Waals surface area contributed by atoms with Crippen molar-refractivity contribution in [2.75, 3.05) is 26.2 Å². The van der Waals surface area contributed by atoms with E-state index in [-0.39, 0.29) is 12.0 Å². The van der Waals surface area contributed by atoms with E-state index in [2.05, 4.69) is 18.2 Å². The van der Waals surface area contributed by atoms with Crippen molar-refractivity contribution in [3.63, 3.8) is 0 Å². The van der Waals surface area contributed by atoms with Gasteiger partial charge in [0.15, 0.2) is 0 Å². The predicted octanol–water partition coefficient (Wildman–Crippen LogP) is 6.80. The number of rotatable bonds is 2. The van der Waals surface area contributed by atoms with Crippen LogP contribution in [0.1, 0.15) is 69.7 Å². The third kappa shape index (κ3) is 6.20. The van der Waals surface area contributed by atoms with Crippen molar-refractivity contribution in [3.8, 4) is 0 Å². The summed E-state index contributed by atoms with van der Waals surface area (Å²) in [7, 11) is 0. The number of pyridine rings is 1. The van der Waals surface area contributed by atoms with Crippen LogP contribution < -0.4 is 0 Å². The number of fused-ring (bicyclic) bond motifs is 2. The van der Waals surface area contributed by atoms with Crippen LogP contribution in [0.4, 0.5) is 4.79 Å². The van der Waals surface area contributed by atoms with Gasteiger partial charge in [0.2, 0.25) is 5.91 Å². The summed E-state index contributed by atoms with van der Waals surface area (Å²) < 4.78 is 5.50. The fraction of sp³-hybridized carbons (Fsp3) is 0.500. The van der Waals surface area contributed by atoms with Gasteiger partial charge >= 0.3 is 6.09 Å².